The highest BCUT2D eigenvalue weighted by Gasteiger charge is 2.15. The van der Waals surface area contributed by atoms with Crippen LogP contribution in [0.4, 0.5) is 0 Å². The molecule has 0 heterocycles. The molecule has 17 heavy (non-hydrogen) atoms. The lowest BCUT2D eigenvalue weighted by Crippen LogP contribution is -2.17. The zero-order chi connectivity index (χ0) is 12.7. The summed E-state index contributed by atoms with van der Waals surface area (Å²) < 4.78 is 16.0. The third-order valence-corrected chi connectivity index (χ3v) is 2.66. The summed E-state index contributed by atoms with van der Waals surface area (Å²) in [5, 5.41) is 0. The van der Waals surface area contributed by atoms with E-state index in [0.29, 0.717) is 11.5 Å². The maximum atomic E-state index is 5.40. The SMILES string of the molecule is CCCC[B]c1ccc(OC)c(OC)c1OC. The molecule has 0 aromatic heterocycles. The lowest BCUT2D eigenvalue weighted by Gasteiger charge is -2.15. The summed E-state index contributed by atoms with van der Waals surface area (Å²) in [5.41, 5.74) is 1.05. The van der Waals surface area contributed by atoms with Crippen molar-refractivity contribution in [1.82, 2.24) is 0 Å². The molecule has 0 atom stereocenters. The van der Waals surface area contributed by atoms with E-state index in [4.69, 9.17) is 14.2 Å². The van der Waals surface area contributed by atoms with Crippen LogP contribution in [-0.2, 0) is 0 Å². The lowest BCUT2D eigenvalue weighted by molar-refractivity contribution is 0.326. The molecule has 3 nitrogen and oxygen atoms in total. The highest BCUT2D eigenvalue weighted by molar-refractivity contribution is 6.54. The minimum Gasteiger partial charge on any atom is -0.493 e. The van der Waals surface area contributed by atoms with Gasteiger partial charge in [-0.05, 0) is 11.5 Å². The van der Waals surface area contributed by atoms with E-state index in [1.165, 1.54) is 12.8 Å². The lowest BCUT2D eigenvalue weighted by atomic mass is 9.65. The average molecular weight is 235 g/mol. The fourth-order valence-corrected chi connectivity index (χ4v) is 1.75. The van der Waals surface area contributed by atoms with Crippen molar-refractivity contribution in [3.05, 3.63) is 12.1 Å². The fraction of sp³-hybridized carbons (Fsp3) is 0.538. The maximum Gasteiger partial charge on any atom is 0.202 e. The smallest absolute Gasteiger partial charge is 0.202 e. The number of benzene rings is 1. The summed E-state index contributed by atoms with van der Waals surface area (Å²) in [7, 11) is 7.06. The predicted octanol–water partition coefficient (Wildman–Crippen LogP) is 2.26. The number of methoxy groups -OCH3 is 3. The zero-order valence-corrected chi connectivity index (χ0v) is 11.1. The van der Waals surface area contributed by atoms with Crippen LogP contribution in [0.3, 0.4) is 0 Å². The van der Waals surface area contributed by atoms with Gasteiger partial charge in [0.15, 0.2) is 18.8 Å². The second kappa shape index (κ2) is 7.10. The summed E-state index contributed by atoms with van der Waals surface area (Å²) in [6.45, 7) is 2.18. The Morgan fingerprint density at radius 2 is 1.71 bits per heavy atom. The molecule has 1 radical (unpaired) electrons. The molecule has 0 amide bonds. The first-order valence-electron chi connectivity index (χ1n) is 5.90. The molecule has 0 bridgehead atoms. The molecule has 0 fully saturated rings. The van der Waals surface area contributed by atoms with Gasteiger partial charge >= 0.3 is 0 Å². The van der Waals surface area contributed by atoms with Gasteiger partial charge in [0.2, 0.25) is 5.75 Å². The Morgan fingerprint density at radius 1 is 1.00 bits per heavy atom. The molecule has 0 aliphatic rings. The van der Waals surface area contributed by atoms with Gasteiger partial charge in [0.1, 0.15) is 0 Å². The quantitative estimate of drug-likeness (QED) is 0.536. The molecular weight excluding hydrogens is 215 g/mol. The van der Waals surface area contributed by atoms with E-state index in [-0.39, 0.29) is 0 Å². The first kappa shape index (κ1) is 13.7. The van der Waals surface area contributed by atoms with Crippen molar-refractivity contribution < 1.29 is 14.2 Å². The Balaban J connectivity index is 2.97. The van der Waals surface area contributed by atoms with E-state index in [1.807, 2.05) is 12.1 Å². The molecular formula is C13H20BO3. The van der Waals surface area contributed by atoms with E-state index in [9.17, 15) is 0 Å². The van der Waals surface area contributed by atoms with Crippen LogP contribution in [0.5, 0.6) is 17.2 Å². The van der Waals surface area contributed by atoms with Gasteiger partial charge in [0, 0.05) is 0 Å². The van der Waals surface area contributed by atoms with Gasteiger partial charge in [-0.2, -0.15) is 0 Å². The van der Waals surface area contributed by atoms with Crippen molar-refractivity contribution in [3.63, 3.8) is 0 Å². The molecule has 1 aromatic carbocycles. The normalized spacial score (nSPS) is 9.88. The summed E-state index contributed by atoms with van der Waals surface area (Å²) in [4.78, 5) is 0. The molecule has 0 aliphatic carbocycles. The van der Waals surface area contributed by atoms with E-state index in [0.717, 1.165) is 17.5 Å². The summed E-state index contributed by atoms with van der Waals surface area (Å²) >= 11 is 0. The summed E-state index contributed by atoms with van der Waals surface area (Å²) in [6, 6.07) is 3.90. The summed E-state index contributed by atoms with van der Waals surface area (Å²) in [5.74, 6) is 2.08. The van der Waals surface area contributed by atoms with Crippen LogP contribution in [0.25, 0.3) is 0 Å². The molecule has 0 unspecified atom stereocenters. The van der Waals surface area contributed by atoms with Crippen LogP contribution < -0.4 is 19.7 Å². The topological polar surface area (TPSA) is 27.7 Å². The average Bonchev–Trinajstić information content (AvgIpc) is 2.38. The Kier molecular flexibility index (Phi) is 5.74. The monoisotopic (exact) mass is 235 g/mol. The largest absolute Gasteiger partial charge is 0.493 e. The minimum absolute atomic E-state index is 0.653. The molecule has 4 heteroatoms. The van der Waals surface area contributed by atoms with Crippen molar-refractivity contribution in [3.8, 4) is 17.2 Å². The van der Waals surface area contributed by atoms with Gasteiger partial charge in [0.05, 0.1) is 21.3 Å². The Labute approximate surface area is 104 Å². The van der Waals surface area contributed by atoms with E-state index >= 15 is 0 Å². The van der Waals surface area contributed by atoms with Crippen molar-refractivity contribution in [2.24, 2.45) is 0 Å². The predicted molar refractivity (Wildman–Crippen MR) is 71.2 cm³/mol. The number of hydrogen-bond donors (Lipinski definition) is 0. The second-order valence-corrected chi connectivity index (χ2v) is 3.77. The van der Waals surface area contributed by atoms with Gasteiger partial charge in [-0.3, -0.25) is 0 Å². The van der Waals surface area contributed by atoms with Crippen LogP contribution in [0, 0.1) is 0 Å². The van der Waals surface area contributed by atoms with E-state index < -0.39 is 0 Å². The van der Waals surface area contributed by atoms with Crippen LogP contribution in [-0.4, -0.2) is 28.6 Å². The molecule has 1 aromatic rings. The molecule has 0 aliphatic heterocycles. The highest BCUT2D eigenvalue weighted by Crippen LogP contribution is 2.34. The molecule has 93 valence electrons. The van der Waals surface area contributed by atoms with Crippen LogP contribution in [0.2, 0.25) is 6.32 Å². The molecule has 0 saturated heterocycles. The van der Waals surface area contributed by atoms with Crippen molar-refractivity contribution in [2.75, 3.05) is 21.3 Å². The van der Waals surface area contributed by atoms with Gasteiger partial charge < -0.3 is 14.2 Å². The van der Waals surface area contributed by atoms with Gasteiger partial charge in [-0.1, -0.05) is 32.2 Å². The fourth-order valence-electron chi connectivity index (χ4n) is 1.75. The van der Waals surface area contributed by atoms with Crippen molar-refractivity contribution in [2.45, 2.75) is 26.1 Å². The van der Waals surface area contributed by atoms with Crippen LogP contribution in [0.1, 0.15) is 19.8 Å². The number of unbranched alkanes of at least 4 members (excludes halogenated alkanes) is 1. The van der Waals surface area contributed by atoms with Crippen LogP contribution in [0.15, 0.2) is 12.1 Å². The molecule has 1 rings (SSSR count). The first-order chi connectivity index (χ1) is 8.28. The molecule has 0 saturated carbocycles. The van der Waals surface area contributed by atoms with Crippen molar-refractivity contribution in [1.29, 1.82) is 0 Å². The Bertz CT molecular complexity index is 353. The van der Waals surface area contributed by atoms with Gasteiger partial charge in [-0.25, -0.2) is 0 Å². The van der Waals surface area contributed by atoms with E-state index in [2.05, 4.69) is 14.2 Å². The number of rotatable bonds is 7. The number of ether oxygens (including phenoxy) is 3. The first-order valence-corrected chi connectivity index (χ1v) is 5.90. The standard InChI is InChI=1S/C13H20BO3/c1-5-6-9-14-10-7-8-11(15-2)13(17-4)12(10)16-3/h7-8H,5-6,9H2,1-4H3. The summed E-state index contributed by atoms with van der Waals surface area (Å²) in [6.07, 6.45) is 3.41. The second-order valence-electron chi connectivity index (χ2n) is 3.77. The third-order valence-electron chi connectivity index (χ3n) is 2.66. The Morgan fingerprint density at radius 3 is 2.24 bits per heavy atom. The minimum atomic E-state index is 0.653. The van der Waals surface area contributed by atoms with Gasteiger partial charge in [0.25, 0.3) is 0 Å². The maximum absolute atomic E-state index is 5.40. The molecule has 0 spiro atoms. The zero-order valence-electron chi connectivity index (χ0n) is 11.1. The molecule has 0 N–H and O–H groups in total. The third kappa shape index (κ3) is 3.32. The Hall–Kier alpha value is -1.32. The van der Waals surface area contributed by atoms with Gasteiger partial charge in [-0.15, -0.1) is 0 Å². The number of hydrogen-bond acceptors (Lipinski definition) is 3. The van der Waals surface area contributed by atoms with Crippen molar-refractivity contribution >= 4 is 12.7 Å². The highest BCUT2D eigenvalue weighted by atomic mass is 16.5. The van der Waals surface area contributed by atoms with Crippen LogP contribution >= 0.6 is 0 Å². The van der Waals surface area contributed by atoms with E-state index in [1.54, 1.807) is 21.3 Å².